The van der Waals surface area contributed by atoms with E-state index in [1.54, 1.807) is 0 Å². The number of nitrogen functional groups attached to an aromatic ring is 2. The Bertz CT molecular complexity index is 1070. The molecule has 29 heavy (non-hydrogen) atoms. The molecule has 4 aromatic rings. The van der Waals surface area contributed by atoms with Crippen molar-refractivity contribution in [2.24, 2.45) is 0 Å². The van der Waals surface area contributed by atoms with Crippen molar-refractivity contribution in [2.45, 2.75) is 5.66 Å². The fourth-order valence-corrected chi connectivity index (χ4v) is 4.10. The predicted octanol–water partition coefficient (Wildman–Crippen LogP) is 5.26. The van der Waals surface area contributed by atoms with Crippen LogP contribution in [0.3, 0.4) is 0 Å². The number of fused-ring (bicyclic) bond motifs is 3. The van der Waals surface area contributed by atoms with E-state index < -0.39 is 5.66 Å². The average molecular weight is 378 g/mol. The fraction of sp³-hybridized carbons (Fsp3) is 0.0400. The van der Waals surface area contributed by atoms with Crippen LogP contribution in [0.5, 0.6) is 0 Å². The molecular formula is C25H22N4. The Morgan fingerprint density at radius 1 is 0.483 bits per heavy atom. The summed E-state index contributed by atoms with van der Waals surface area (Å²) in [4.78, 5) is 0. The van der Waals surface area contributed by atoms with Gasteiger partial charge in [-0.3, -0.25) is 0 Å². The molecule has 5 rings (SSSR count). The van der Waals surface area contributed by atoms with E-state index in [2.05, 4.69) is 59.2 Å². The Morgan fingerprint density at radius 2 is 0.862 bits per heavy atom. The molecule has 142 valence electrons. The van der Waals surface area contributed by atoms with E-state index in [1.807, 2.05) is 48.5 Å². The van der Waals surface area contributed by atoms with Gasteiger partial charge in [0.15, 0.2) is 5.66 Å². The van der Waals surface area contributed by atoms with Crippen LogP contribution in [0, 0.1) is 0 Å². The zero-order valence-corrected chi connectivity index (χ0v) is 15.9. The van der Waals surface area contributed by atoms with Crippen molar-refractivity contribution in [1.82, 2.24) is 0 Å². The van der Waals surface area contributed by atoms with Crippen LogP contribution in [0.2, 0.25) is 0 Å². The maximum Gasteiger partial charge on any atom is 0.162 e. The third-order valence-electron chi connectivity index (χ3n) is 5.44. The first-order valence-corrected chi connectivity index (χ1v) is 9.62. The molecule has 0 radical (unpaired) electrons. The van der Waals surface area contributed by atoms with E-state index in [0.29, 0.717) is 0 Å². The molecule has 0 unspecified atom stereocenters. The predicted molar refractivity (Wildman–Crippen MR) is 122 cm³/mol. The van der Waals surface area contributed by atoms with Gasteiger partial charge in [-0.1, -0.05) is 48.5 Å². The average Bonchev–Trinajstić information content (AvgIpc) is 3.02. The quantitative estimate of drug-likeness (QED) is 0.289. The molecule has 0 aromatic heterocycles. The monoisotopic (exact) mass is 378 g/mol. The summed E-state index contributed by atoms with van der Waals surface area (Å²) in [5, 5.41) is 7.52. The zero-order chi connectivity index (χ0) is 19.8. The molecule has 0 saturated heterocycles. The van der Waals surface area contributed by atoms with Crippen molar-refractivity contribution in [3.63, 3.8) is 0 Å². The third-order valence-corrected chi connectivity index (χ3v) is 5.44. The minimum atomic E-state index is -0.626. The molecule has 1 aliphatic rings. The van der Waals surface area contributed by atoms with Crippen molar-refractivity contribution in [2.75, 3.05) is 22.1 Å². The lowest BCUT2D eigenvalue weighted by Gasteiger charge is -2.36. The number of hydrogen-bond acceptors (Lipinski definition) is 4. The van der Waals surface area contributed by atoms with Crippen molar-refractivity contribution >= 4 is 22.7 Å². The van der Waals surface area contributed by atoms with Gasteiger partial charge in [0.2, 0.25) is 0 Å². The number of benzene rings is 4. The van der Waals surface area contributed by atoms with Gasteiger partial charge in [-0.2, -0.15) is 0 Å². The second kappa shape index (κ2) is 6.60. The second-order valence-electron chi connectivity index (χ2n) is 7.34. The minimum absolute atomic E-state index is 0.626. The highest BCUT2D eigenvalue weighted by molar-refractivity contribution is 5.84. The van der Waals surface area contributed by atoms with E-state index in [9.17, 15) is 0 Å². The van der Waals surface area contributed by atoms with Gasteiger partial charge in [0.05, 0.1) is 0 Å². The number of anilines is 4. The lowest BCUT2D eigenvalue weighted by Crippen LogP contribution is -2.42. The Hall–Kier alpha value is -3.92. The maximum absolute atomic E-state index is 5.90. The molecular weight excluding hydrogens is 356 g/mol. The van der Waals surface area contributed by atoms with E-state index in [-0.39, 0.29) is 0 Å². The standard InChI is InChI=1S/C25H22N4/c26-17-9-13-19(14-10-17)28-25(29-20-15-11-18(27)12-16-20)23-7-3-1-5-21(23)22-6-2-4-8-24(22)25/h1-16,28-29H,26-27H2. The van der Waals surface area contributed by atoms with Crippen molar-refractivity contribution in [1.29, 1.82) is 0 Å². The van der Waals surface area contributed by atoms with Gasteiger partial charge in [0.1, 0.15) is 0 Å². The van der Waals surface area contributed by atoms with Crippen LogP contribution in [0.25, 0.3) is 11.1 Å². The van der Waals surface area contributed by atoms with Gasteiger partial charge in [0.25, 0.3) is 0 Å². The molecule has 4 heteroatoms. The first kappa shape index (κ1) is 17.2. The SMILES string of the molecule is Nc1ccc(NC2(Nc3ccc(N)cc3)c3ccccc3-c3ccccc32)cc1. The van der Waals surface area contributed by atoms with Gasteiger partial charge in [-0.15, -0.1) is 0 Å². The molecule has 0 aliphatic heterocycles. The highest BCUT2D eigenvalue weighted by Crippen LogP contribution is 2.49. The Morgan fingerprint density at radius 3 is 1.28 bits per heavy atom. The van der Waals surface area contributed by atoms with Crippen LogP contribution in [0.1, 0.15) is 11.1 Å². The van der Waals surface area contributed by atoms with Crippen LogP contribution in [0.15, 0.2) is 97.1 Å². The largest absolute Gasteiger partial charge is 0.399 e. The topological polar surface area (TPSA) is 76.1 Å². The van der Waals surface area contributed by atoms with E-state index in [1.165, 1.54) is 22.3 Å². The lowest BCUT2D eigenvalue weighted by molar-refractivity contribution is 0.700. The third kappa shape index (κ3) is 2.86. The molecule has 0 spiro atoms. The fourth-order valence-electron chi connectivity index (χ4n) is 4.10. The van der Waals surface area contributed by atoms with E-state index in [4.69, 9.17) is 11.5 Å². The first-order valence-electron chi connectivity index (χ1n) is 9.62. The summed E-state index contributed by atoms with van der Waals surface area (Å²) < 4.78 is 0. The Labute approximate surface area is 170 Å². The van der Waals surface area contributed by atoms with Crippen LogP contribution in [0.4, 0.5) is 22.7 Å². The van der Waals surface area contributed by atoms with Gasteiger partial charge in [-0.05, 0) is 59.7 Å². The zero-order valence-electron chi connectivity index (χ0n) is 15.9. The normalized spacial score (nSPS) is 13.4. The summed E-state index contributed by atoms with van der Waals surface area (Å²) >= 11 is 0. The van der Waals surface area contributed by atoms with Crippen LogP contribution in [-0.4, -0.2) is 0 Å². The van der Waals surface area contributed by atoms with Crippen molar-refractivity contribution in [3.05, 3.63) is 108 Å². The molecule has 4 aromatic carbocycles. The molecule has 0 heterocycles. The molecule has 4 nitrogen and oxygen atoms in total. The molecule has 0 saturated carbocycles. The summed E-state index contributed by atoms with van der Waals surface area (Å²) in [6.45, 7) is 0. The number of nitrogens with two attached hydrogens (primary N) is 2. The summed E-state index contributed by atoms with van der Waals surface area (Å²) in [5.74, 6) is 0. The number of nitrogens with one attached hydrogen (secondary N) is 2. The summed E-state index contributed by atoms with van der Waals surface area (Å²) in [7, 11) is 0. The number of hydrogen-bond donors (Lipinski definition) is 4. The van der Waals surface area contributed by atoms with Gasteiger partial charge < -0.3 is 22.1 Å². The molecule has 1 aliphatic carbocycles. The molecule has 0 atom stereocenters. The number of rotatable bonds is 4. The summed E-state index contributed by atoms with van der Waals surface area (Å²) in [5.41, 5.74) is 19.4. The van der Waals surface area contributed by atoms with E-state index >= 15 is 0 Å². The van der Waals surface area contributed by atoms with Crippen LogP contribution in [-0.2, 0) is 5.66 Å². The molecule has 0 bridgehead atoms. The molecule has 0 fully saturated rings. The van der Waals surface area contributed by atoms with Gasteiger partial charge >= 0.3 is 0 Å². The van der Waals surface area contributed by atoms with Gasteiger partial charge in [-0.25, -0.2) is 0 Å². The lowest BCUT2D eigenvalue weighted by atomic mass is 9.95. The van der Waals surface area contributed by atoms with Crippen LogP contribution >= 0.6 is 0 Å². The Balaban J connectivity index is 1.71. The molecule has 6 N–H and O–H groups in total. The first-order chi connectivity index (χ1) is 14.2. The highest BCUT2D eigenvalue weighted by Gasteiger charge is 2.43. The van der Waals surface area contributed by atoms with Crippen molar-refractivity contribution < 1.29 is 0 Å². The van der Waals surface area contributed by atoms with Crippen molar-refractivity contribution in [3.8, 4) is 11.1 Å². The summed E-state index contributed by atoms with van der Waals surface area (Å²) in [6, 6.07) is 32.7. The highest BCUT2D eigenvalue weighted by atomic mass is 15.2. The summed E-state index contributed by atoms with van der Waals surface area (Å²) in [6.07, 6.45) is 0. The minimum Gasteiger partial charge on any atom is -0.399 e. The van der Waals surface area contributed by atoms with E-state index in [0.717, 1.165) is 22.7 Å². The smallest absolute Gasteiger partial charge is 0.162 e. The second-order valence-corrected chi connectivity index (χ2v) is 7.34. The molecule has 0 amide bonds. The maximum atomic E-state index is 5.90. The van der Waals surface area contributed by atoms with Gasteiger partial charge in [0, 0.05) is 33.9 Å². The Kier molecular flexibility index (Phi) is 3.91. The van der Waals surface area contributed by atoms with Crippen LogP contribution < -0.4 is 22.1 Å².